The van der Waals surface area contributed by atoms with Crippen LogP contribution < -0.4 is 5.56 Å². The lowest BCUT2D eigenvalue weighted by Gasteiger charge is -2.16. The monoisotopic (exact) mass is 366 g/mol. The van der Waals surface area contributed by atoms with Crippen LogP contribution in [0.3, 0.4) is 0 Å². The van der Waals surface area contributed by atoms with Crippen molar-refractivity contribution in [2.24, 2.45) is 5.92 Å². The summed E-state index contributed by atoms with van der Waals surface area (Å²) in [6.07, 6.45) is 3.17. The zero-order valence-corrected chi connectivity index (χ0v) is 15.2. The summed E-state index contributed by atoms with van der Waals surface area (Å²) < 4.78 is 1.32. The number of benzene rings is 1. The first kappa shape index (κ1) is 17.5. The Morgan fingerprint density at radius 1 is 1.30 bits per heavy atom. The van der Waals surface area contributed by atoms with Crippen LogP contribution in [0.25, 0.3) is 5.65 Å². The molecule has 1 saturated heterocycles. The third-order valence-corrected chi connectivity index (χ3v) is 5.16. The van der Waals surface area contributed by atoms with Gasteiger partial charge in [-0.15, -0.1) is 0 Å². The first-order chi connectivity index (χ1) is 13.0. The first-order valence-corrected chi connectivity index (χ1v) is 9.10. The molecule has 2 N–H and O–H groups in total. The highest BCUT2D eigenvalue weighted by Gasteiger charge is 2.29. The Kier molecular flexibility index (Phi) is 4.53. The molecule has 1 amide bonds. The molecular formula is C20H22N4O3. The fraction of sp³-hybridized carbons (Fsp3) is 0.350. The van der Waals surface area contributed by atoms with Crippen molar-refractivity contribution in [1.82, 2.24) is 19.5 Å². The molecule has 0 bridgehead atoms. The van der Waals surface area contributed by atoms with Gasteiger partial charge in [-0.1, -0.05) is 24.3 Å². The largest absolute Gasteiger partial charge is 0.392 e. The zero-order valence-electron chi connectivity index (χ0n) is 15.2. The second-order valence-corrected chi connectivity index (χ2v) is 7.19. The van der Waals surface area contributed by atoms with Gasteiger partial charge in [0.2, 0.25) is 0 Å². The molecule has 1 atom stereocenters. The van der Waals surface area contributed by atoms with Gasteiger partial charge in [0.05, 0.1) is 6.61 Å². The van der Waals surface area contributed by atoms with E-state index in [0.717, 1.165) is 24.1 Å². The Hall–Kier alpha value is -2.93. The van der Waals surface area contributed by atoms with Crippen molar-refractivity contribution in [2.75, 3.05) is 13.1 Å². The Morgan fingerprint density at radius 2 is 2.04 bits per heavy atom. The van der Waals surface area contributed by atoms with Crippen LogP contribution in [-0.4, -0.2) is 43.6 Å². The molecule has 1 aliphatic heterocycles. The predicted molar refractivity (Wildman–Crippen MR) is 101 cm³/mol. The number of carbonyl (C=O) groups is 1. The molecule has 2 aromatic heterocycles. The highest BCUT2D eigenvalue weighted by Crippen LogP contribution is 2.22. The lowest BCUT2D eigenvalue weighted by atomic mass is 9.98. The highest BCUT2D eigenvalue weighted by molar-refractivity contribution is 5.94. The molecular weight excluding hydrogens is 344 g/mol. The quantitative estimate of drug-likeness (QED) is 0.733. The fourth-order valence-corrected chi connectivity index (χ4v) is 3.70. The summed E-state index contributed by atoms with van der Waals surface area (Å²) in [5.41, 5.74) is 3.15. The third-order valence-electron chi connectivity index (χ3n) is 5.16. The van der Waals surface area contributed by atoms with Gasteiger partial charge in [-0.2, -0.15) is 0 Å². The van der Waals surface area contributed by atoms with E-state index in [1.165, 1.54) is 16.3 Å². The Labute approximate surface area is 156 Å². The van der Waals surface area contributed by atoms with Gasteiger partial charge in [-0.05, 0) is 36.8 Å². The molecule has 7 nitrogen and oxygen atoms in total. The van der Waals surface area contributed by atoms with E-state index in [2.05, 4.69) is 10.1 Å². The number of amides is 1. The number of hydrogen-bond donors (Lipinski definition) is 2. The van der Waals surface area contributed by atoms with E-state index in [4.69, 9.17) is 5.11 Å². The molecule has 7 heteroatoms. The summed E-state index contributed by atoms with van der Waals surface area (Å²) in [7, 11) is 0. The summed E-state index contributed by atoms with van der Waals surface area (Å²) in [4.78, 5) is 31.4. The Balaban J connectivity index is 1.47. The van der Waals surface area contributed by atoms with Crippen LogP contribution in [0.1, 0.15) is 33.6 Å². The number of nitrogens with zero attached hydrogens (tertiary/aromatic N) is 3. The number of rotatable bonds is 4. The van der Waals surface area contributed by atoms with E-state index in [9.17, 15) is 9.59 Å². The van der Waals surface area contributed by atoms with Crippen molar-refractivity contribution in [1.29, 1.82) is 0 Å². The van der Waals surface area contributed by atoms with Crippen LogP contribution in [0.2, 0.25) is 0 Å². The number of carbonyl (C=O) groups excluding carboxylic acids is 1. The van der Waals surface area contributed by atoms with Gasteiger partial charge >= 0.3 is 0 Å². The predicted octanol–water partition coefficient (Wildman–Crippen LogP) is 1.53. The minimum Gasteiger partial charge on any atom is -0.392 e. The van der Waals surface area contributed by atoms with Crippen molar-refractivity contribution < 1.29 is 9.90 Å². The minimum atomic E-state index is -0.360. The molecule has 1 aromatic carbocycles. The number of hydrogen-bond acceptors (Lipinski definition) is 4. The molecule has 0 saturated carbocycles. The van der Waals surface area contributed by atoms with Crippen molar-refractivity contribution in [2.45, 2.75) is 26.4 Å². The summed E-state index contributed by atoms with van der Waals surface area (Å²) >= 11 is 0. The van der Waals surface area contributed by atoms with Crippen molar-refractivity contribution >= 4 is 11.6 Å². The number of likely N-dealkylation sites (tertiary alicyclic amines) is 1. The maximum atomic E-state index is 12.8. The molecule has 27 heavy (non-hydrogen) atoms. The zero-order chi connectivity index (χ0) is 19.0. The first-order valence-electron chi connectivity index (χ1n) is 9.10. The highest BCUT2D eigenvalue weighted by atomic mass is 16.3. The van der Waals surface area contributed by atoms with Gasteiger partial charge in [0.1, 0.15) is 5.56 Å². The summed E-state index contributed by atoms with van der Waals surface area (Å²) in [6, 6.07) is 9.66. The van der Waals surface area contributed by atoms with Gasteiger partial charge in [-0.3, -0.25) is 14.7 Å². The molecule has 4 rings (SSSR count). The van der Waals surface area contributed by atoms with Gasteiger partial charge in [-0.25, -0.2) is 9.50 Å². The smallest absolute Gasteiger partial charge is 0.285 e. The van der Waals surface area contributed by atoms with Gasteiger partial charge < -0.3 is 10.0 Å². The number of aryl methyl sites for hydroxylation is 1. The molecule has 3 aromatic rings. The maximum absolute atomic E-state index is 12.8. The van der Waals surface area contributed by atoms with E-state index in [1.54, 1.807) is 11.0 Å². The number of nitrogens with one attached hydrogen (secondary N) is 1. The van der Waals surface area contributed by atoms with Gasteiger partial charge in [0.15, 0.2) is 5.65 Å². The van der Waals surface area contributed by atoms with E-state index in [1.807, 2.05) is 31.2 Å². The molecule has 0 spiro atoms. The number of fused-ring (bicyclic) bond motifs is 1. The molecule has 1 aliphatic rings. The van der Waals surface area contributed by atoms with E-state index in [0.29, 0.717) is 24.7 Å². The molecule has 0 radical (unpaired) electrons. The van der Waals surface area contributed by atoms with Crippen molar-refractivity contribution in [3.8, 4) is 0 Å². The van der Waals surface area contributed by atoms with Crippen molar-refractivity contribution in [3.05, 3.63) is 69.3 Å². The average molecular weight is 366 g/mol. The van der Waals surface area contributed by atoms with Crippen molar-refractivity contribution in [3.63, 3.8) is 0 Å². The standard InChI is InChI=1S/C20H22N4O3/c1-13-8-18-21-10-17(20(27)24(18)22-13)19(26)23-7-6-16(11-23)9-14-2-4-15(12-25)5-3-14/h2-5,8,10,16,22,25H,6-7,9,11-12H2,1H3/t16-/m1/s1. The normalized spacial score (nSPS) is 17.0. The Morgan fingerprint density at radius 3 is 2.78 bits per heavy atom. The summed E-state index contributed by atoms with van der Waals surface area (Å²) in [5, 5.41) is 12.0. The molecule has 1 fully saturated rings. The Bertz CT molecular complexity index is 1040. The number of aromatic amines is 1. The molecule has 3 heterocycles. The SMILES string of the molecule is Cc1cc2ncc(C(=O)N3CC[C@H](Cc4ccc(CO)cc4)C3)c(=O)n2[nH]1. The third kappa shape index (κ3) is 3.38. The van der Waals surface area contributed by atoms with Crippen LogP contribution in [0.5, 0.6) is 0 Å². The minimum absolute atomic E-state index is 0.0419. The summed E-state index contributed by atoms with van der Waals surface area (Å²) in [6.45, 7) is 3.16. The second-order valence-electron chi connectivity index (χ2n) is 7.19. The van der Waals surface area contributed by atoms with Crippen LogP contribution in [0.4, 0.5) is 0 Å². The number of aliphatic hydroxyl groups excluding tert-OH is 1. The van der Waals surface area contributed by atoms with Crippen LogP contribution in [0, 0.1) is 12.8 Å². The lowest BCUT2D eigenvalue weighted by Crippen LogP contribution is -2.34. The van der Waals surface area contributed by atoms with Crippen LogP contribution >= 0.6 is 0 Å². The maximum Gasteiger partial charge on any atom is 0.285 e. The van der Waals surface area contributed by atoms with Crippen LogP contribution in [0.15, 0.2) is 41.3 Å². The van der Waals surface area contributed by atoms with Gasteiger partial charge in [0, 0.05) is 31.0 Å². The average Bonchev–Trinajstić information content (AvgIpc) is 3.29. The topological polar surface area (TPSA) is 90.7 Å². The number of H-pyrrole nitrogens is 1. The fourth-order valence-electron chi connectivity index (χ4n) is 3.70. The van der Waals surface area contributed by atoms with E-state index >= 15 is 0 Å². The number of aromatic nitrogens is 3. The number of aliphatic hydroxyl groups is 1. The molecule has 140 valence electrons. The molecule has 0 aliphatic carbocycles. The van der Waals surface area contributed by atoms with E-state index < -0.39 is 0 Å². The van der Waals surface area contributed by atoms with Gasteiger partial charge in [0.25, 0.3) is 11.5 Å². The lowest BCUT2D eigenvalue weighted by molar-refractivity contribution is 0.0784. The summed E-state index contributed by atoms with van der Waals surface area (Å²) in [5.74, 6) is 0.105. The molecule has 0 unspecified atom stereocenters. The second kappa shape index (κ2) is 7.00. The van der Waals surface area contributed by atoms with Crippen LogP contribution in [-0.2, 0) is 13.0 Å². The van der Waals surface area contributed by atoms with E-state index in [-0.39, 0.29) is 23.6 Å².